The van der Waals surface area contributed by atoms with Crippen molar-refractivity contribution in [2.75, 3.05) is 12.8 Å². The minimum atomic E-state index is -0.547. The van der Waals surface area contributed by atoms with E-state index >= 15 is 0 Å². The van der Waals surface area contributed by atoms with Gasteiger partial charge < -0.3 is 10.6 Å². The second-order valence-electron chi connectivity index (χ2n) is 5.24. The predicted molar refractivity (Wildman–Crippen MR) is 76.5 cm³/mol. The molecule has 0 atom stereocenters. The number of carbonyl (C=O) groups excluding carboxylic acids is 1. The summed E-state index contributed by atoms with van der Waals surface area (Å²) < 4.78 is 0. The molecule has 1 aliphatic carbocycles. The molecular weight excluding hydrogens is 258 g/mol. The number of nitrogens with two attached hydrogens (primary N) is 1. The van der Waals surface area contributed by atoms with Gasteiger partial charge in [-0.2, -0.15) is 0 Å². The molecule has 6 nitrogen and oxygen atoms in total. The number of hydrogen-bond donors (Lipinski definition) is 1. The van der Waals surface area contributed by atoms with Crippen molar-refractivity contribution in [1.29, 1.82) is 0 Å². The lowest BCUT2D eigenvalue weighted by Crippen LogP contribution is -2.38. The van der Waals surface area contributed by atoms with Crippen molar-refractivity contribution in [2.24, 2.45) is 0 Å². The zero-order chi connectivity index (χ0) is 14.7. The Morgan fingerprint density at radius 3 is 2.55 bits per heavy atom. The molecule has 2 rings (SSSR count). The van der Waals surface area contributed by atoms with Crippen molar-refractivity contribution < 1.29 is 9.72 Å². The lowest BCUT2D eigenvalue weighted by atomic mass is 9.94. The largest absolute Gasteiger partial charge is 0.393 e. The lowest BCUT2D eigenvalue weighted by Gasteiger charge is -2.31. The number of amides is 1. The summed E-state index contributed by atoms with van der Waals surface area (Å²) in [7, 11) is 1.79. The maximum Gasteiger partial charge on any atom is 0.292 e. The van der Waals surface area contributed by atoms with E-state index in [1.165, 1.54) is 24.6 Å². The van der Waals surface area contributed by atoms with Crippen LogP contribution < -0.4 is 5.73 Å². The second kappa shape index (κ2) is 5.90. The molecular formula is C14H19N3O3. The van der Waals surface area contributed by atoms with Crippen LogP contribution in [0.5, 0.6) is 0 Å². The molecule has 0 spiro atoms. The Morgan fingerprint density at radius 1 is 1.35 bits per heavy atom. The molecule has 0 heterocycles. The first-order chi connectivity index (χ1) is 9.50. The SMILES string of the molecule is CN(C(=O)c1ccc([N+](=O)[O-])c(N)c1)C1CCCCC1. The summed E-state index contributed by atoms with van der Waals surface area (Å²) in [5, 5.41) is 10.7. The van der Waals surface area contributed by atoms with Crippen LogP contribution >= 0.6 is 0 Å². The number of nitro benzene ring substituents is 1. The molecule has 108 valence electrons. The number of anilines is 1. The number of rotatable bonds is 3. The van der Waals surface area contributed by atoms with Crippen LogP contribution in [-0.4, -0.2) is 28.8 Å². The minimum Gasteiger partial charge on any atom is -0.393 e. The number of nitrogens with zero attached hydrogens (tertiary/aromatic N) is 2. The van der Waals surface area contributed by atoms with Gasteiger partial charge in [-0.1, -0.05) is 19.3 Å². The van der Waals surface area contributed by atoms with Gasteiger partial charge in [0.2, 0.25) is 0 Å². The highest BCUT2D eigenvalue weighted by Gasteiger charge is 2.24. The van der Waals surface area contributed by atoms with E-state index in [2.05, 4.69) is 0 Å². The van der Waals surface area contributed by atoms with Gasteiger partial charge >= 0.3 is 0 Å². The van der Waals surface area contributed by atoms with E-state index in [4.69, 9.17) is 5.73 Å². The van der Waals surface area contributed by atoms with Gasteiger partial charge in [-0.15, -0.1) is 0 Å². The maximum atomic E-state index is 12.4. The van der Waals surface area contributed by atoms with Crippen molar-refractivity contribution in [1.82, 2.24) is 4.90 Å². The summed E-state index contributed by atoms with van der Waals surface area (Å²) in [5.41, 5.74) is 5.89. The fourth-order valence-electron chi connectivity index (χ4n) is 2.69. The molecule has 1 fully saturated rings. The first-order valence-corrected chi connectivity index (χ1v) is 6.82. The van der Waals surface area contributed by atoms with Crippen LogP contribution in [0.4, 0.5) is 11.4 Å². The van der Waals surface area contributed by atoms with Crippen molar-refractivity contribution >= 4 is 17.3 Å². The van der Waals surface area contributed by atoms with Crippen LogP contribution in [-0.2, 0) is 0 Å². The molecule has 0 aliphatic heterocycles. The minimum absolute atomic E-state index is 0.0258. The predicted octanol–water partition coefficient (Wildman–Crippen LogP) is 2.58. The molecule has 1 aromatic rings. The van der Waals surface area contributed by atoms with Gasteiger partial charge in [0.05, 0.1) is 4.92 Å². The highest BCUT2D eigenvalue weighted by atomic mass is 16.6. The molecule has 0 bridgehead atoms. The number of nitrogen functional groups attached to an aromatic ring is 1. The summed E-state index contributed by atoms with van der Waals surface area (Å²) >= 11 is 0. The van der Waals surface area contributed by atoms with Gasteiger partial charge in [-0.25, -0.2) is 0 Å². The molecule has 0 saturated heterocycles. The molecule has 6 heteroatoms. The van der Waals surface area contributed by atoms with Crippen molar-refractivity contribution in [2.45, 2.75) is 38.1 Å². The third-order valence-corrected chi connectivity index (χ3v) is 3.91. The first kappa shape index (κ1) is 14.3. The molecule has 0 radical (unpaired) electrons. The normalized spacial score (nSPS) is 15.8. The Hall–Kier alpha value is -2.11. The van der Waals surface area contributed by atoms with E-state index in [9.17, 15) is 14.9 Å². The fourth-order valence-corrected chi connectivity index (χ4v) is 2.69. The van der Waals surface area contributed by atoms with Crippen LogP contribution in [0.15, 0.2) is 18.2 Å². The number of carbonyl (C=O) groups is 1. The quantitative estimate of drug-likeness (QED) is 0.522. The third-order valence-electron chi connectivity index (χ3n) is 3.91. The molecule has 0 unspecified atom stereocenters. The Balaban J connectivity index is 2.16. The van der Waals surface area contributed by atoms with Gasteiger partial charge in [-0.3, -0.25) is 14.9 Å². The summed E-state index contributed by atoms with van der Waals surface area (Å²) in [6.45, 7) is 0. The Morgan fingerprint density at radius 2 is 2.00 bits per heavy atom. The van der Waals surface area contributed by atoms with Crippen LogP contribution in [0.2, 0.25) is 0 Å². The standard InChI is InChI=1S/C14H19N3O3/c1-16(11-5-3-2-4-6-11)14(18)10-7-8-13(17(19)20)12(15)9-10/h7-9,11H,2-6,15H2,1H3. The van der Waals surface area contributed by atoms with E-state index in [0.29, 0.717) is 5.56 Å². The second-order valence-corrected chi connectivity index (χ2v) is 5.24. The molecule has 1 saturated carbocycles. The van der Waals surface area contributed by atoms with Crippen molar-refractivity contribution in [3.63, 3.8) is 0 Å². The monoisotopic (exact) mass is 277 g/mol. The Bertz CT molecular complexity index is 524. The van der Waals surface area contributed by atoms with Crippen LogP contribution in [0.1, 0.15) is 42.5 Å². The van der Waals surface area contributed by atoms with E-state index in [1.54, 1.807) is 11.9 Å². The Labute approximate surface area is 117 Å². The highest BCUT2D eigenvalue weighted by molar-refractivity contribution is 5.95. The summed E-state index contributed by atoms with van der Waals surface area (Å²) in [6, 6.07) is 4.40. The van der Waals surface area contributed by atoms with Crippen molar-refractivity contribution in [3.05, 3.63) is 33.9 Å². The number of benzene rings is 1. The average molecular weight is 277 g/mol. The smallest absolute Gasteiger partial charge is 0.292 e. The highest BCUT2D eigenvalue weighted by Crippen LogP contribution is 2.25. The zero-order valence-electron chi connectivity index (χ0n) is 11.5. The Kier molecular flexibility index (Phi) is 4.22. The van der Waals surface area contributed by atoms with E-state index in [1.807, 2.05) is 0 Å². The lowest BCUT2D eigenvalue weighted by molar-refractivity contribution is -0.383. The van der Waals surface area contributed by atoms with Gasteiger partial charge in [0.15, 0.2) is 0 Å². The average Bonchev–Trinajstić information content (AvgIpc) is 2.46. The van der Waals surface area contributed by atoms with Crippen LogP contribution in [0.3, 0.4) is 0 Å². The van der Waals surface area contributed by atoms with E-state index in [0.717, 1.165) is 25.7 Å². The summed E-state index contributed by atoms with van der Waals surface area (Å²) in [5.74, 6) is -0.126. The molecule has 2 N–H and O–H groups in total. The molecule has 20 heavy (non-hydrogen) atoms. The van der Waals surface area contributed by atoms with E-state index < -0.39 is 4.92 Å². The van der Waals surface area contributed by atoms with Gasteiger partial charge in [0.1, 0.15) is 5.69 Å². The summed E-state index contributed by atoms with van der Waals surface area (Å²) in [4.78, 5) is 24.3. The fraction of sp³-hybridized carbons (Fsp3) is 0.500. The number of hydrogen-bond acceptors (Lipinski definition) is 4. The topological polar surface area (TPSA) is 89.5 Å². The molecule has 1 amide bonds. The molecule has 1 aliphatic rings. The first-order valence-electron chi connectivity index (χ1n) is 6.82. The number of nitro groups is 1. The van der Waals surface area contributed by atoms with Crippen LogP contribution in [0.25, 0.3) is 0 Å². The van der Waals surface area contributed by atoms with Gasteiger partial charge in [0.25, 0.3) is 11.6 Å². The zero-order valence-corrected chi connectivity index (χ0v) is 11.5. The molecule has 1 aromatic carbocycles. The van der Waals surface area contributed by atoms with Crippen molar-refractivity contribution in [3.8, 4) is 0 Å². The summed E-state index contributed by atoms with van der Waals surface area (Å²) in [6.07, 6.45) is 5.55. The van der Waals surface area contributed by atoms with Gasteiger partial charge in [0, 0.05) is 24.7 Å². The third kappa shape index (κ3) is 2.89. The maximum absolute atomic E-state index is 12.4. The molecule has 0 aromatic heterocycles. The van der Waals surface area contributed by atoms with Crippen LogP contribution in [0, 0.1) is 10.1 Å². The van der Waals surface area contributed by atoms with Gasteiger partial charge in [-0.05, 0) is 25.0 Å². The van der Waals surface area contributed by atoms with E-state index in [-0.39, 0.29) is 23.3 Å².